The molecule has 0 unspecified atom stereocenters. The summed E-state index contributed by atoms with van der Waals surface area (Å²) in [5.41, 5.74) is 2.56. The van der Waals surface area contributed by atoms with E-state index in [2.05, 4.69) is 21.2 Å². The van der Waals surface area contributed by atoms with E-state index in [1.807, 2.05) is 68.4 Å². The van der Waals surface area contributed by atoms with Crippen LogP contribution in [-0.4, -0.2) is 43.8 Å². The Hall–Kier alpha value is -3.66. The minimum Gasteiger partial charge on any atom is -0.352 e. The Morgan fingerprint density at radius 1 is 0.889 bits per heavy atom. The Balaban J connectivity index is 1.83. The van der Waals surface area contributed by atoms with Crippen LogP contribution in [0.4, 0.5) is 5.69 Å². The average Bonchev–Trinajstić information content (AvgIpc) is 3.02. The molecule has 0 aliphatic carbocycles. The standard InChI is InChI=1S/C35H37BrClN3O4S/c1-4-26(3)38-35(42)33(22-27-12-7-5-8-13-27)39(23-28-14-11-15-29(36)21-28)34(41)24-40(32-19-18-30(37)20-25(32)2)45(43,44)31-16-9-6-10-17-31/h5-21,26,33H,4,22-24H2,1-3H3,(H,38,42)/t26-,33+/m0/s1. The van der Waals surface area contributed by atoms with Gasteiger partial charge in [0.2, 0.25) is 11.8 Å². The molecule has 0 heterocycles. The Kier molecular flexibility index (Phi) is 11.8. The summed E-state index contributed by atoms with van der Waals surface area (Å²) in [6, 6.07) is 28.8. The molecule has 4 rings (SSSR count). The monoisotopic (exact) mass is 709 g/mol. The summed E-state index contributed by atoms with van der Waals surface area (Å²) in [6.07, 6.45) is 0.955. The van der Waals surface area contributed by atoms with E-state index >= 15 is 0 Å². The number of benzene rings is 4. The number of amides is 2. The Labute approximate surface area is 279 Å². The van der Waals surface area contributed by atoms with Gasteiger partial charge < -0.3 is 10.2 Å². The quantitative estimate of drug-likeness (QED) is 0.160. The van der Waals surface area contributed by atoms with Gasteiger partial charge in [-0.1, -0.05) is 95.1 Å². The maximum absolute atomic E-state index is 14.6. The normalized spacial score (nSPS) is 12.6. The first-order valence-electron chi connectivity index (χ1n) is 14.7. The van der Waals surface area contributed by atoms with E-state index in [9.17, 15) is 18.0 Å². The van der Waals surface area contributed by atoms with Gasteiger partial charge in [-0.05, 0) is 79.4 Å². The van der Waals surface area contributed by atoms with E-state index in [1.165, 1.54) is 17.0 Å². The number of aryl methyl sites for hydroxylation is 1. The fourth-order valence-corrected chi connectivity index (χ4v) is 7.13. The number of carbonyl (C=O) groups excluding carboxylic acids is 2. The van der Waals surface area contributed by atoms with Crippen molar-refractivity contribution in [3.05, 3.63) is 129 Å². The fourth-order valence-electron chi connectivity index (χ4n) is 4.96. The molecule has 2 amide bonds. The number of rotatable bonds is 13. The molecule has 0 aliphatic heterocycles. The van der Waals surface area contributed by atoms with Gasteiger partial charge in [0.05, 0.1) is 10.6 Å². The summed E-state index contributed by atoms with van der Waals surface area (Å²) in [5, 5.41) is 3.50. The van der Waals surface area contributed by atoms with Crippen molar-refractivity contribution in [2.24, 2.45) is 0 Å². The number of hydrogen-bond acceptors (Lipinski definition) is 4. The minimum atomic E-state index is -4.19. The second kappa shape index (κ2) is 15.6. The number of nitrogens with one attached hydrogen (secondary N) is 1. The molecule has 4 aromatic carbocycles. The molecule has 0 saturated heterocycles. The molecule has 7 nitrogen and oxygen atoms in total. The van der Waals surface area contributed by atoms with Gasteiger partial charge >= 0.3 is 0 Å². The summed E-state index contributed by atoms with van der Waals surface area (Å²) < 4.78 is 30.2. The maximum atomic E-state index is 14.6. The van der Waals surface area contributed by atoms with Crippen LogP contribution >= 0.6 is 27.5 Å². The van der Waals surface area contributed by atoms with Gasteiger partial charge in [0.15, 0.2) is 0 Å². The van der Waals surface area contributed by atoms with Gasteiger partial charge in [0.1, 0.15) is 12.6 Å². The van der Waals surface area contributed by atoms with Crippen molar-refractivity contribution in [1.29, 1.82) is 0 Å². The highest BCUT2D eigenvalue weighted by Gasteiger charge is 2.35. The lowest BCUT2D eigenvalue weighted by Gasteiger charge is -2.34. The number of halogens is 2. The van der Waals surface area contributed by atoms with Gasteiger partial charge in [-0.2, -0.15) is 0 Å². The number of anilines is 1. The molecule has 0 fully saturated rings. The van der Waals surface area contributed by atoms with Crippen LogP contribution in [0, 0.1) is 6.92 Å². The molecule has 2 atom stereocenters. The molecule has 0 radical (unpaired) electrons. The van der Waals surface area contributed by atoms with Crippen molar-refractivity contribution in [1.82, 2.24) is 10.2 Å². The van der Waals surface area contributed by atoms with Crippen LogP contribution < -0.4 is 9.62 Å². The first kappa shape index (κ1) is 34.2. The highest BCUT2D eigenvalue weighted by Crippen LogP contribution is 2.30. The van der Waals surface area contributed by atoms with E-state index < -0.39 is 28.5 Å². The third-order valence-electron chi connectivity index (χ3n) is 7.55. The van der Waals surface area contributed by atoms with Crippen molar-refractivity contribution >= 4 is 55.1 Å². The zero-order valence-electron chi connectivity index (χ0n) is 25.5. The van der Waals surface area contributed by atoms with E-state index in [1.54, 1.807) is 43.3 Å². The Morgan fingerprint density at radius 2 is 1.53 bits per heavy atom. The molecule has 236 valence electrons. The first-order valence-corrected chi connectivity index (χ1v) is 17.3. The number of hydrogen-bond donors (Lipinski definition) is 1. The third-order valence-corrected chi connectivity index (χ3v) is 10.1. The summed E-state index contributed by atoms with van der Waals surface area (Å²) in [5.74, 6) is -0.833. The van der Waals surface area contributed by atoms with Crippen LogP contribution in [0.1, 0.15) is 37.0 Å². The van der Waals surface area contributed by atoms with E-state index in [0.29, 0.717) is 22.7 Å². The molecule has 0 bridgehead atoms. The van der Waals surface area contributed by atoms with Crippen molar-refractivity contribution in [3.63, 3.8) is 0 Å². The molecule has 1 N–H and O–H groups in total. The Bertz CT molecular complexity index is 1720. The highest BCUT2D eigenvalue weighted by atomic mass is 79.9. The molecule has 0 aliphatic rings. The fraction of sp³-hybridized carbons (Fsp3) is 0.257. The molecule has 0 saturated carbocycles. The topological polar surface area (TPSA) is 86.8 Å². The van der Waals surface area contributed by atoms with Gasteiger partial charge in [0.25, 0.3) is 10.0 Å². The van der Waals surface area contributed by atoms with Crippen LogP contribution in [0.2, 0.25) is 5.02 Å². The summed E-state index contributed by atoms with van der Waals surface area (Å²) in [7, 11) is -4.19. The molecule has 45 heavy (non-hydrogen) atoms. The second-order valence-corrected chi connectivity index (χ2v) is 14.1. The lowest BCUT2D eigenvalue weighted by Crippen LogP contribution is -2.54. The molecular formula is C35H37BrClN3O4S. The second-order valence-electron chi connectivity index (χ2n) is 10.9. The molecular weight excluding hydrogens is 674 g/mol. The predicted molar refractivity (Wildman–Crippen MR) is 184 cm³/mol. The summed E-state index contributed by atoms with van der Waals surface area (Å²) in [6.45, 7) is 5.19. The zero-order valence-corrected chi connectivity index (χ0v) is 28.6. The van der Waals surface area contributed by atoms with Crippen molar-refractivity contribution < 1.29 is 18.0 Å². The number of nitrogens with zero attached hydrogens (tertiary/aromatic N) is 2. The maximum Gasteiger partial charge on any atom is 0.264 e. The molecule has 0 aromatic heterocycles. The van der Waals surface area contributed by atoms with Crippen molar-refractivity contribution in [3.8, 4) is 0 Å². The van der Waals surface area contributed by atoms with Crippen LogP contribution in [0.3, 0.4) is 0 Å². The zero-order chi connectivity index (χ0) is 32.6. The van der Waals surface area contributed by atoms with Crippen LogP contribution in [-0.2, 0) is 32.6 Å². The smallest absolute Gasteiger partial charge is 0.264 e. The number of carbonyl (C=O) groups is 2. The van der Waals surface area contributed by atoms with Crippen LogP contribution in [0.5, 0.6) is 0 Å². The van der Waals surface area contributed by atoms with E-state index in [-0.39, 0.29) is 29.8 Å². The van der Waals surface area contributed by atoms with Crippen molar-refractivity contribution in [2.45, 2.75) is 57.1 Å². The molecule has 4 aromatic rings. The van der Waals surface area contributed by atoms with E-state index in [0.717, 1.165) is 19.9 Å². The predicted octanol–water partition coefficient (Wildman–Crippen LogP) is 7.16. The van der Waals surface area contributed by atoms with Gasteiger partial charge in [-0.3, -0.25) is 13.9 Å². The summed E-state index contributed by atoms with van der Waals surface area (Å²) in [4.78, 5) is 30.0. The van der Waals surface area contributed by atoms with Crippen molar-refractivity contribution in [2.75, 3.05) is 10.8 Å². The molecule has 10 heteroatoms. The lowest BCUT2D eigenvalue weighted by molar-refractivity contribution is -0.140. The Morgan fingerprint density at radius 3 is 2.16 bits per heavy atom. The van der Waals surface area contributed by atoms with Crippen LogP contribution in [0.25, 0.3) is 0 Å². The molecule has 0 spiro atoms. The van der Waals surface area contributed by atoms with Gasteiger partial charge in [0, 0.05) is 28.5 Å². The minimum absolute atomic E-state index is 0.0426. The van der Waals surface area contributed by atoms with Crippen LogP contribution in [0.15, 0.2) is 112 Å². The lowest BCUT2D eigenvalue weighted by atomic mass is 10.0. The highest BCUT2D eigenvalue weighted by molar-refractivity contribution is 9.10. The van der Waals surface area contributed by atoms with Gasteiger partial charge in [-0.25, -0.2) is 8.42 Å². The third kappa shape index (κ3) is 8.96. The first-order chi connectivity index (χ1) is 21.5. The summed E-state index contributed by atoms with van der Waals surface area (Å²) >= 11 is 9.73. The van der Waals surface area contributed by atoms with E-state index in [4.69, 9.17) is 11.6 Å². The number of sulfonamides is 1. The van der Waals surface area contributed by atoms with Gasteiger partial charge in [-0.15, -0.1) is 0 Å². The largest absolute Gasteiger partial charge is 0.352 e. The average molecular weight is 711 g/mol. The SMILES string of the molecule is CC[C@H](C)NC(=O)[C@@H](Cc1ccccc1)N(Cc1cccc(Br)c1)C(=O)CN(c1ccc(Cl)cc1C)S(=O)(=O)c1ccccc1.